The van der Waals surface area contributed by atoms with Gasteiger partial charge in [0.05, 0.1) is 19.1 Å². The second-order valence-electron chi connectivity index (χ2n) is 15.4. The number of Topliss-reactive ketones (excluding diaryl/α,β-unsaturated/α-hetero) is 1. The van der Waals surface area contributed by atoms with Crippen LogP contribution in [0.3, 0.4) is 0 Å². The summed E-state index contributed by atoms with van der Waals surface area (Å²) in [5.74, 6) is -8.31. The van der Waals surface area contributed by atoms with Crippen LogP contribution in [-0.4, -0.2) is 112 Å². The van der Waals surface area contributed by atoms with E-state index in [1.54, 1.807) is 26.8 Å². The highest BCUT2D eigenvalue weighted by Gasteiger charge is 2.77. The Morgan fingerprint density at radius 2 is 1.68 bits per heavy atom. The van der Waals surface area contributed by atoms with E-state index in [0.717, 1.165) is 6.92 Å². The maximum Gasteiger partial charge on any atom is 0.329 e. The molecule has 24 heteroatoms. The normalized spacial score (nSPS) is 31.4. The maximum absolute atomic E-state index is 17.8. The van der Waals surface area contributed by atoms with Gasteiger partial charge in [-0.2, -0.15) is 0 Å². The minimum absolute atomic E-state index is 0.0437. The zero-order valence-corrected chi connectivity index (χ0v) is 32.5. The fraction of sp³-hybridized carbons (Fsp3) is 0.714. The van der Waals surface area contributed by atoms with Gasteiger partial charge in [-0.05, 0) is 44.6 Å². The van der Waals surface area contributed by atoms with Gasteiger partial charge >= 0.3 is 17.9 Å². The molecule has 0 aromatic carbocycles. The van der Waals surface area contributed by atoms with Gasteiger partial charge < -0.3 is 39.1 Å². The van der Waals surface area contributed by atoms with Gasteiger partial charge in [0.2, 0.25) is 11.7 Å². The molecule has 326 valence electrons. The van der Waals surface area contributed by atoms with Crippen LogP contribution >= 0.6 is 0 Å². The first kappa shape index (κ1) is 45.9. The summed E-state index contributed by atoms with van der Waals surface area (Å²) in [6.07, 6.45) is -1.05. The van der Waals surface area contributed by atoms with Crippen LogP contribution in [0.2, 0.25) is 0 Å². The Labute approximate surface area is 334 Å². The van der Waals surface area contributed by atoms with Crippen molar-refractivity contribution in [1.82, 2.24) is 5.32 Å². The molecule has 4 unspecified atom stereocenters. The van der Waals surface area contributed by atoms with Gasteiger partial charge in [-0.3, -0.25) is 24.0 Å². The van der Waals surface area contributed by atoms with Gasteiger partial charge in [0.15, 0.2) is 29.8 Å². The fourth-order valence-corrected chi connectivity index (χ4v) is 9.46. The van der Waals surface area contributed by atoms with Gasteiger partial charge in [0.25, 0.3) is 15.3 Å². The summed E-state index contributed by atoms with van der Waals surface area (Å²) in [5, 5.41) is 42.2. The first-order valence-corrected chi connectivity index (χ1v) is 18.5. The van der Waals surface area contributed by atoms with Gasteiger partial charge in [-0.15, -0.1) is 30.3 Å². The SMILES string of the molecule is CC(=O)NC(CC(=O)OCC(=O)[C@@]1(OC(=O)CCCO[N+](=O)[O-])[C@@H](C)CC2C3CC=C4CC(=O)C=C[C@]4(C)[C@@]3(F)[C@@H](O)C[C@@]21C)C(=O)OCC(CO[N+](=O)[O-])O[N+](=O)[O-]. The highest BCUT2D eigenvalue weighted by Crippen LogP contribution is 2.71. The summed E-state index contributed by atoms with van der Waals surface area (Å²) < 4.78 is 34.0. The van der Waals surface area contributed by atoms with Crippen LogP contribution < -0.4 is 5.32 Å². The van der Waals surface area contributed by atoms with Crippen molar-refractivity contribution in [1.29, 1.82) is 0 Å². The molecular weight excluding hydrogens is 799 g/mol. The fourth-order valence-electron chi connectivity index (χ4n) is 9.46. The smallest absolute Gasteiger partial charge is 0.329 e. The summed E-state index contributed by atoms with van der Waals surface area (Å²) in [4.78, 5) is 123. The average Bonchev–Trinajstić information content (AvgIpc) is 3.35. The summed E-state index contributed by atoms with van der Waals surface area (Å²) >= 11 is 0. The molecule has 10 atom stereocenters. The zero-order chi connectivity index (χ0) is 44.1. The quantitative estimate of drug-likeness (QED) is 0.0434. The molecule has 0 radical (unpaired) electrons. The number of hydrogen-bond donors (Lipinski definition) is 2. The summed E-state index contributed by atoms with van der Waals surface area (Å²) in [7, 11) is 0. The van der Waals surface area contributed by atoms with E-state index in [0.29, 0.717) is 5.57 Å². The number of aliphatic hydroxyl groups is 1. The lowest BCUT2D eigenvalue weighted by atomic mass is 9.45. The number of amides is 1. The summed E-state index contributed by atoms with van der Waals surface area (Å²) in [6.45, 7) is 2.07. The monoisotopic (exact) mass is 844 g/mol. The Bertz CT molecular complexity index is 1810. The molecule has 4 aliphatic rings. The lowest BCUT2D eigenvalue weighted by Gasteiger charge is -2.62. The van der Waals surface area contributed by atoms with E-state index in [-0.39, 0.29) is 31.5 Å². The van der Waals surface area contributed by atoms with Crippen LogP contribution in [-0.2, 0) is 57.5 Å². The number of fused-ring (bicyclic) bond motifs is 5. The number of allylic oxidation sites excluding steroid dienone is 4. The van der Waals surface area contributed by atoms with E-state index in [1.165, 1.54) is 12.2 Å². The zero-order valence-electron chi connectivity index (χ0n) is 32.5. The first-order valence-electron chi connectivity index (χ1n) is 18.5. The number of nitrogens with one attached hydrogen (secondary N) is 1. The standard InChI is InChI=1S/C35H45FN4O19/c1-19-12-25-24-8-7-21-13-22(42)9-10-32(21,3)34(24,36)27(43)15-33(25,4)35(19,58-29(45)6-5-11-56-38(48)49)28(44)18-54-30(46)14-26(37-20(2)41)31(47)55-16-23(59-40(52)53)17-57-39(50)51/h7,9-10,19,23-27,43H,5-6,8,11-18H2,1-4H3,(H,37,41)/t19-,23?,24?,25?,26?,27-,32-,33-,34-,35-/m0/s1. The van der Waals surface area contributed by atoms with E-state index in [2.05, 4.69) is 19.8 Å². The van der Waals surface area contributed by atoms with Crippen LogP contribution in [0.1, 0.15) is 72.6 Å². The van der Waals surface area contributed by atoms with Crippen molar-refractivity contribution >= 4 is 35.4 Å². The lowest BCUT2D eigenvalue weighted by molar-refractivity contribution is -0.790. The van der Waals surface area contributed by atoms with Crippen molar-refractivity contribution in [2.24, 2.45) is 28.6 Å². The molecule has 23 nitrogen and oxygen atoms in total. The Morgan fingerprint density at radius 3 is 2.31 bits per heavy atom. The minimum Gasteiger partial charge on any atom is -0.462 e. The maximum atomic E-state index is 17.8. The first-order chi connectivity index (χ1) is 27.5. The molecule has 0 spiro atoms. The van der Waals surface area contributed by atoms with Crippen molar-refractivity contribution < 1.29 is 82.2 Å². The molecule has 0 heterocycles. The number of nitrogens with zero attached hydrogens (tertiary/aromatic N) is 3. The molecule has 2 N–H and O–H groups in total. The number of halogens is 1. The van der Waals surface area contributed by atoms with E-state index in [1.807, 2.05) is 0 Å². The number of hydrogen-bond acceptors (Lipinski definition) is 19. The van der Waals surface area contributed by atoms with Crippen LogP contribution in [0.15, 0.2) is 23.8 Å². The number of carbonyl (C=O) groups excluding carboxylic acids is 6. The topological polar surface area (TPSA) is 319 Å². The second-order valence-corrected chi connectivity index (χ2v) is 15.4. The Kier molecular flexibility index (Phi) is 14.0. The molecule has 4 rings (SSSR count). The van der Waals surface area contributed by atoms with Crippen molar-refractivity contribution in [3.05, 3.63) is 54.1 Å². The number of ether oxygens (including phenoxy) is 3. The predicted octanol–water partition coefficient (Wildman–Crippen LogP) is 1.21. The Morgan fingerprint density at radius 1 is 1.00 bits per heavy atom. The lowest BCUT2D eigenvalue weighted by Crippen LogP contribution is -2.69. The van der Waals surface area contributed by atoms with Gasteiger partial charge in [0, 0.05) is 42.4 Å². The number of aliphatic hydroxyl groups excluding tert-OH is 1. The van der Waals surface area contributed by atoms with Crippen molar-refractivity contribution in [2.75, 3.05) is 26.4 Å². The summed E-state index contributed by atoms with van der Waals surface area (Å²) in [6, 6.07) is -1.82. The third kappa shape index (κ3) is 9.25. The highest BCUT2D eigenvalue weighted by molar-refractivity contribution is 5.95. The molecule has 4 aliphatic carbocycles. The number of alkyl halides is 1. The van der Waals surface area contributed by atoms with Crippen molar-refractivity contribution in [3.8, 4) is 0 Å². The van der Waals surface area contributed by atoms with E-state index < -0.39 is 149 Å². The van der Waals surface area contributed by atoms with Crippen molar-refractivity contribution in [3.63, 3.8) is 0 Å². The molecule has 59 heavy (non-hydrogen) atoms. The minimum atomic E-state index is -2.32. The third-order valence-corrected chi connectivity index (χ3v) is 12.0. The molecule has 2 fully saturated rings. The molecule has 0 aromatic heterocycles. The molecule has 0 saturated heterocycles. The van der Waals surface area contributed by atoms with E-state index >= 15 is 4.39 Å². The number of esters is 3. The van der Waals surface area contributed by atoms with Crippen molar-refractivity contribution in [2.45, 2.75) is 102 Å². The number of carbonyl (C=O) groups is 6. The van der Waals surface area contributed by atoms with Crippen LogP contribution in [0.4, 0.5) is 4.39 Å². The van der Waals surface area contributed by atoms with Gasteiger partial charge in [-0.25, -0.2) is 9.18 Å². The number of ketones is 2. The molecule has 1 amide bonds. The van der Waals surface area contributed by atoms with Crippen LogP contribution in [0, 0.1) is 58.9 Å². The van der Waals surface area contributed by atoms with E-state index in [4.69, 9.17) is 14.2 Å². The number of rotatable bonds is 20. The summed E-state index contributed by atoms with van der Waals surface area (Å²) in [5.41, 5.74) is -6.90. The Balaban J connectivity index is 1.59. The average molecular weight is 845 g/mol. The largest absolute Gasteiger partial charge is 0.462 e. The second kappa shape index (κ2) is 18.0. The predicted molar refractivity (Wildman–Crippen MR) is 188 cm³/mol. The van der Waals surface area contributed by atoms with Crippen LogP contribution in [0.25, 0.3) is 0 Å². The Hall–Kier alpha value is -5.81. The van der Waals surface area contributed by atoms with Gasteiger partial charge in [0.1, 0.15) is 19.3 Å². The highest BCUT2D eigenvalue weighted by atomic mass is 19.1. The molecule has 0 bridgehead atoms. The van der Waals surface area contributed by atoms with Crippen LogP contribution in [0.5, 0.6) is 0 Å². The molecular formula is C35H45FN4O19. The third-order valence-electron chi connectivity index (χ3n) is 12.0. The van der Waals surface area contributed by atoms with E-state index in [9.17, 15) is 64.2 Å². The molecule has 2 saturated carbocycles. The molecule has 0 aromatic rings. The van der Waals surface area contributed by atoms with Gasteiger partial charge in [-0.1, -0.05) is 31.6 Å². The molecule has 0 aliphatic heterocycles.